The van der Waals surface area contributed by atoms with Crippen LogP contribution in [-0.2, 0) is 16.4 Å². The highest BCUT2D eigenvalue weighted by Crippen LogP contribution is 2.31. The van der Waals surface area contributed by atoms with Gasteiger partial charge in [-0.3, -0.25) is 20.2 Å². The summed E-state index contributed by atoms with van der Waals surface area (Å²) in [6.07, 6.45) is 0. The second-order valence-electron chi connectivity index (χ2n) is 6.03. The van der Waals surface area contributed by atoms with Gasteiger partial charge in [0.05, 0.1) is 19.6 Å². The Balaban J connectivity index is 1.96. The molecule has 0 aliphatic heterocycles. The van der Waals surface area contributed by atoms with E-state index < -0.39 is 25.4 Å². The molecule has 1 N–H and O–H groups in total. The molecule has 0 unspecified atom stereocenters. The maximum atomic E-state index is 12.8. The van der Waals surface area contributed by atoms with E-state index in [9.17, 15) is 28.6 Å². The molecule has 0 saturated carbocycles. The van der Waals surface area contributed by atoms with Gasteiger partial charge in [0.2, 0.25) is 9.84 Å². The first kappa shape index (κ1) is 20.0. The number of anilines is 1. The van der Waals surface area contributed by atoms with Gasteiger partial charge in [0.15, 0.2) is 0 Å². The van der Waals surface area contributed by atoms with E-state index in [1.165, 1.54) is 24.3 Å². The van der Waals surface area contributed by atoms with Crippen LogP contribution in [0.15, 0.2) is 82.6 Å². The van der Waals surface area contributed by atoms with E-state index >= 15 is 0 Å². The van der Waals surface area contributed by atoms with Crippen molar-refractivity contribution in [2.45, 2.75) is 16.3 Å². The van der Waals surface area contributed by atoms with E-state index in [4.69, 9.17) is 0 Å². The molecule has 10 heteroatoms. The molecule has 0 atom stereocenters. The molecule has 0 bridgehead atoms. The Bertz CT molecular complexity index is 1180. The zero-order valence-electron chi connectivity index (χ0n) is 14.9. The molecular weight excluding hydrogens is 398 g/mol. The quantitative estimate of drug-likeness (QED) is 0.458. The average Bonchev–Trinajstić information content (AvgIpc) is 2.72. The molecule has 0 spiro atoms. The Morgan fingerprint density at radius 3 is 2.14 bits per heavy atom. The van der Waals surface area contributed by atoms with Crippen LogP contribution in [0, 0.1) is 20.2 Å². The molecule has 0 aliphatic rings. The number of nitrogens with one attached hydrogen (secondary N) is 1. The molecule has 29 heavy (non-hydrogen) atoms. The minimum absolute atomic E-state index is 0.164. The van der Waals surface area contributed by atoms with Crippen LogP contribution < -0.4 is 5.32 Å². The zero-order chi connectivity index (χ0) is 21.0. The lowest BCUT2D eigenvalue weighted by atomic mass is 10.2. The third kappa shape index (κ3) is 4.38. The van der Waals surface area contributed by atoms with Crippen LogP contribution in [0.2, 0.25) is 0 Å². The molecule has 0 fully saturated rings. The normalized spacial score (nSPS) is 11.0. The van der Waals surface area contributed by atoms with Crippen molar-refractivity contribution in [3.8, 4) is 0 Å². The van der Waals surface area contributed by atoms with Crippen molar-refractivity contribution < 1.29 is 18.3 Å². The smallest absolute Gasteiger partial charge is 0.293 e. The second kappa shape index (κ2) is 8.07. The monoisotopic (exact) mass is 413 g/mol. The van der Waals surface area contributed by atoms with Crippen LogP contribution in [-0.4, -0.2) is 18.3 Å². The maximum Gasteiger partial charge on any atom is 0.293 e. The van der Waals surface area contributed by atoms with Gasteiger partial charge in [0.1, 0.15) is 5.69 Å². The first-order valence-electron chi connectivity index (χ1n) is 8.35. The lowest BCUT2D eigenvalue weighted by Gasteiger charge is -2.10. The minimum Gasteiger partial charge on any atom is -0.375 e. The third-order valence-electron chi connectivity index (χ3n) is 4.14. The first-order chi connectivity index (χ1) is 13.8. The number of sulfone groups is 1. The Labute approximate surface area is 165 Å². The van der Waals surface area contributed by atoms with Crippen molar-refractivity contribution in [2.24, 2.45) is 0 Å². The largest absolute Gasteiger partial charge is 0.375 e. The summed E-state index contributed by atoms with van der Waals surface area (Å²) in [6.45, 7) is 0.318. The molecule has 3 aromatic rings. The van der Waals surface area contributed by atoms with Crippen molar-refractivity contribution in [2.75, 3.05) is 5.32 Å². The summed E-state index contributed by atoms with van der Waals surface area (Å²) in [5.74, 6) is 0. The summed E-state index contributed by atoms with van der Waals surface area (Å²) >= 11 is 0. The van der Waals surface area contributed by atoms with Gasteiger partial charge in [-0.1, -0.05) is 36.4 Å². The van der Waals surface area contributed by atoms with E-state index in [-0.39, 0.29) is 21.2 Å². The highest BCUT2D eigenvalue weighted by Gasteiger charge is 2.24. The van der Waals surface area contributed by atoms with Crippen LogP contribution >= 0.6 is 0 Å². The van der Waals surface area contributed by atoms with Gasteiger partial charge < -0.3 is 5.32 Å². The predicted molar refractivity (Wildman–Crippen MR) is 105 cm³/mol. The number of hydrogen-bond donors (Lipinski definition) is 1. The fourth-order valence-electron chi connectivity index (χ4n) is 2.67. The maximum absolute atomic E-state index is 12.8. The molecule has 0 aromatic heterocycles. The van der Waals surface area contributed by atoms with Crippen molar-refractivity contribution in [3.63, 3.8) is 0 Å². The second-order valence-corrected chi connectivity index (χ2v) is 7.98. The van der Waals surface area contributed by atoms with Crippen molar-refractivity contribution in [1.29, 1.82) is 0 Å². The van der Waals surface area contributed by atoms with Gasteiger partial charge >= 0.3 is 0 Å². The lowest BCUT2D eigenvalue weighted by molar-refractivity contribution is -0.385. The zero-order valence-corrected chi connectivity index (χ0v) is 15.7. The number of nitro groups is 2. The highest BCUT2D eigenvalue weighted by molar-refractivity contribution is 7.91. The number of nitrogens with zero attached hydrogens (tertiary/aromatic N) is 2. The Morgan fingerprint density at radius 1 is 0.793 bits per heavy atom. The summed E-state index contributed by atoms with van der Waals surface area (Å²) in [7, 11) is -4.17. The van der Waals surface area contributed by atoms with Crippen LogP contribution in [0.4, 0.5) is 17.1 Å². The number of non-ortho nitro benzene ring substituents is 1. The van der Waals surface area contributed by atoms with E-state index in [0.29, 0.717) is 6.54 Å². The summed E-state index contributed by atoms with van der Waals surface area (Å²) < 4.78 is 25.6. The SMILES string of the molecule is O=[N+]([O-])c1cccc(S(=O)(=O)c2ccc(NCc3ccccc3)c([N+](=O)[O-])c2)c1. The number of hydrogen-bond acceptors (Lipinski definition) is 7. The van der Waals surface area contributed by atoms with Gasteiger partial charge in [0, 0.05) is 24.7 Å². The molecule has 0 radical (unpaired) electrons. The van der Waals surface area contributed by atoms with E-state index in [1.54, 1.807) is 0 Å². The molecular formula is C19H15N3O6S. The lowest BCUT2D eigenvalue weighted by Crippen LogP contribution is -2.06. The van der Waals surface area contributed by atoms with Gasteiger partial charge in [-0.05, 0) is 23.8 Å². The van der Waals surface area contributed by atoms with Crippen LogP contribution in [0.1, 0.15) is 5.56 Å². The molecule has 9 nitrogen and oxygen atoms in total. The van der Waals surface area contributed by atoms with Crippen molar-refractivity contribution in [1.82, 2.24) is 0 Å². The standard InChI is InChI=1S/C19H15N3O6S/c23-21(24)15-7-4-8-16(11-15)29(27,28)17-9-10-18(19(12-17)22(25)26)20-13-14-5-2-1-3-6-14/h1-12,20H,13H2. The first-order valence-corrected chi connectivity index (χ1v) is 9.83. The summed E-state index contributed by atoms with van der Waals surface area (Å²) in [5.41, 5.74) is 0.265. The number of benzene rings is 3. The van der Waals surface area contributed by atoms with Gasteiger partial charge in [-0.25, -0.2) is 8.42 Å². The van der Waals surface area contributed by atoms with Gasteiger partial charge in [-0.15, -0.1) is 0 Å². The fourth-order valence-corrected chi connectivity index (χ4v) is 3.99. The van der Waals surface area contributed by atoms with E-state index in [2.05, 4.69) is 5.32 Å². The van der Waals surface area contributed by atoms with E-state index in [1.807, 2.05) is 30.3 Å². The molecule has 148 valence electrons. The third-order valence-corrected chi connectivity index (χ3v) is 5.89. The van der Waals surface area contributed by atoms with Crippen molar-refractivity contribution >= 4 is 26.9 Å². The highest BCUT2D eigenvalue weighted by atomic mass is 32.2. The number of rotatable bonds is 7. The summed E-state index contributed by atoms with van der Waals surface area (Å²) in [4.78, 5) is 20.4. The van der Waals surface area contributed by atoms with Crippen LogP contribution in [0.3, 0.4) is 0 Å². The van der Waals surface area contributed by atoms with Gasteiger partial charge in [0.25, 0.3) is 11.4 Å². The topological polar surface area (TPSA) is 132 Å². The fraction of sp³-hybridized carbons (Fsp3) is 0.0526. The number of nitro benzene ring substituents is 2. The van der Waals surface area contributed by atoms with Crippen LogP contribution in [0.5, 0.6) is 0 Å². The summed E-state index contributed by atoms with van der Waals surface area (Å²) in [6, 6.07) is 17.2. The summed E-state index contributed by atoms with van der Waals surface area (Å²) in [5, 5.41) is 25.3. The molecule has 3 rings (SSSR count). The predicted octanol–water partition coefficient (Wildman–Crippen LogP) is 3.95. The molecule has 3 aromatic carbocycles. The minimum atomic E-state index is -4.17. The molecule has 0 heterocycles. The average molecular weight is 413 g/mol. The Hall–Kier alpha value is -3.79. The Kier molecular flexibility index (Phi) is 5.55. The van der Waals surface area contributed by atoms with Crippen molar-refractivity contribution in [3.05, 3.63) is 98.6 Å². The Morgan fingerprint density at radius 2 is 1.48 bits per heavy atom. The van der Waals surface area contributed by atoms with Crippen LogP contribution in [0.25, 0.3) is 0 Å². The molecule has 0 saturated heterocycles. The van der Waals surface area contributed by atoms with E-state index in [0.717, 1.165) is 23.8 Å². The molecule has 0 aliphatic carbocycles. The molecule has 0 amide bonds. The van der Waals surface area contributed by atoms with Gasteiger partial charge in [-0.2, -0.15) is 0 Å².